The van der Waals surface area contributed by atoms with E-state index in [1.807, 2.05) is 24.3 Å². The number of hydrogen-bond donors (Lipinski definition) is 1. The molecule has 0 bridgehead atoms. The molecule has 0 radical (unpaired) electrons. The van der Waals surface area contributed by atoms with Crippen LogP contribution in [0.5, 0.6) is 0 Å². The van der Waals surface area contributed by atoms with Gasteiger partial charge in [-0.25, -0.2) is 4.98 Å². The van der Waals surface area contributed by atoms with Crippen molar-refractivity contribution in [3.63, 3.8) is 0 Å². The zero-order chi connectivity index (χ0) is 14.4. The Morgan fingerprint density at radius 1 is 1.30 bits per heavy atom. The first-order valence-corrected chi connectivity index (χ1v) is 7.71. The molecule has 0 fully saturated rings. The van der Waals surface area contributed by atoms with Crippen LogP contribution in [-0.4, -0.2) is 11.5 Å². The van der Waals surface area contributed by atoms with Crippen molar-refractivity contribution in [2.45, 2.75) is 32.7 Å². The Bertz CT molecular complexity index is 579. The number of rotatable bonds is 6. The zero-order valence-corrected chi connectivity index (χ0v) is 12.7. The van der Waals surface area contributed by atoms with E-state index in [0.29, 0.717) is 11.5 Å². The van der Waals surface area contributed by atoms with E-state index in [2.05, 4.69) is 35.6 Å². The number of aromatic nitrogens is 1. The van der Waals surface area contributed by atoms with Crippen molar-refractivity contribution in [3.05, 3.63) is 51.5 Å². The SMILES string of the molecule is CC(C)c1nc(CCNCc2ccc(C#N)cc2)cs1. The van der Waals surface area contributed by atoms with Crippen LogP contribution < -0.4 is 5.32 Å². The molecule has 1 aromatic heterocycles. The summed E-state index contributed by atoms with van der Waals surface area (Å²) >= 11 is 1.75. The molecular formula is C16H19N3S. The van der Waals surface area contributed by atoms with E-state index in [1.165, 1.54) is 16.3 Å². The minimum atomic E-state index is 0.514. The third kappa shape index (κ3) is 4.16. The molecule has 2 aromatic rings. The van der Waals surface area contributed by atoms with Crippen molar-refractivity contribution in [3.8, 4) is 6.07 Å². The van der Waals surface area contributed by atoms with Crippen molar-refractivity contribution < 1.29 is 0 Å². The molecule has 0 amide bonds. The molecule has 0 unspecified atom stereocenters. The molecule has 0 spiro atoms. The second-order valence-corrected chi connectivity index (χ2v) is 5.96. The fourth-order valence-corrected chi connectivity index (χ4v) is 2.72. The maximum atomic E-state index is 8.74. The van der Waals surface area contributed by atoms with Crippen molar-refractivity contribution in [2.24, 2.45) is 0 Å². The highest BCUT2D eigenvalue weighted by Crippen LogP contribution is 2.19. The van der Waals surface area contributed by atoms with Crippen LogP contribution >= 0.6 is 11.3 Å². The van der Waals surface area contributed by atoms with E-state index in [4.69, 9.17) is 5.26 Å². The van der Waals surface area contributed by atoms with E-state index in [1.54, 1.807) is 11.3 Å². The summed E-state index contributed by atoms with van der Waals surface area (Å²) in [5.41, 5.74) is 3.08. The van der Waals surface area contributed by atoms with Gasteiger partial charge in [0.25, 0.3) is 0 Å². The molecule has 1 N–H and O–H groups in total. The van der Waals surface area contributed by atoms with Crippen molar-refractivity contribution in [1.82, 2.24) is 10.3 Å². The van der Waals surface area contributed by atoms with Gasteiger partial charge in [0.15, 0.2) is 0 Å². The fraction of sp³-hybridized carbons (Fsp3) is 0.375. The van der Waals surface area contributed by atoms with E-state index in [-0.39, 0.29) is 0 Å². The molecule has 0 saturated heterocycles. The average Bonchev–Trinajstić information content (AvgIpc) is 2.93. The van der Waals surface area contributed by atoms with Gasteiger partial charge in [-0.1, -0.05) is 26.0 Å². The first-order valence-electron chi connectivity index (χ1n) is 6.83. The third-order valence-corrected chi connectivity index (χ3v) is 4.23. The van der Waals surface area contributed by atoms with Gasteiger partial charge in [0.05, 0.1) is 22.3 Å². The molecule has 104 valence electrons. The molecule has 0 aliphatic rings. The maximum Gasteiger partial charge on any atom is 0.0991 e. The van der Waals surface area contributed by atoms with E-state index in [0.717, 1.165) is 19.5 Å². The van der Waals surface area contributed by atoms with Crippen LogP contribution in [0.15, 0.2) is 29.6 Å². The van der Waals surface area contributed by atoms with Crippen molar-refractivity contribution in [1.29, 1.82) is 5.26 Å². The molecule has 2 rings (SSSR count). The van der Waals surface area contributed by atoms with Crippen molar-refractivity contribution >= 4 is 11.3 Å². The second-order valence-electron chi connectivity index (χ2n) is 5.07. The Morgan fingerprint density at radius 2 is 2.05 bits per heavy atom. The largest absolute Gasteiger partial charge is 0.312 e. The lowest BCUT2D eigenvalue weighted by Crippen LogP contribution is -2.16. The van der Waals surface area contributed by atoms with Crippen LogP contribution in [0.25, 0.3) is 0 Å². The molecule has 20 heavy (non-hydrogen) atoms. The summed E-state index contributed by atoms with van der Waals surface area (Å²) in [5, 5.41) is 15.5. The van der Waals surface area contributed by atoms with Gasteiger partial charge in [0, 0.05) is 30.8 Å². The summed E-state index contributed by atoms with van der Waals surface area (Å²) < 4.78 is 0. The minimum Gasteiger partial charge on any atom is -0.312 e. The summed E-state index contributed by atoms with van der Waals surface area (Å²) in [5.74, 6) is 0.514. The standard InChI is InChI=1S/C16H19N3S/c1-12(2)16-19-15(11-20-16)7-8-18-10-14-5-3-13(9-17)4-6-14/h3-6,11-12,18H,7-8,10H2,1-2H3. The zero-order valence-electron chi connectivity index (χ0n) is 11.9. The van der Waals surface area contributed by atoms with Crippen LogP contribution in [-0.2, 0) is 13.0 Å². The minimum absolute atomic E-state index is 0.514. The normalized spacial score (nSPS) is 10.7. The molecule has 4 heteroatoms. The smallest absolute Gasteiger partial charge is 0.0991 e. The number of hydrogen-bond acceptors (Lipinski definition) is 4. The Morgan fingerprint density at radius 3 is 2.65 bits per heavy atom. The fourth-order valence-electron chi connectivity index (χ4n) is 1.85. The highest BCUT2D eigenvalue weighted by Gasteiger charge is 2.05. The second kappa shape index (κ2) is 7.18. The van der Waals surface area contributed by atoms with E-state index >= 15 is 0 Å². The lowest BCUT2D eigenvalue weighted by atomic mass is 10.1. The molecule has 0 saturated carbocycles. The number of thiazole rings is 1. The van der Waals surface area contributed by atoms with Crippen LogP contribution in [0.4, 0.5) is 0 Å². The molecule has 1 heterocycles. The van der Waals surface area contributed by atoms with Crippen molar-refractivity contribution in [2.75, 3.05) is 6.54 Å². The number of nitrogens with zero attached hydrogens (tertiary/aromatic N) is 2. The van der Waals surface area contributed by atoms with Crippen LogP contribution in [0.3, 0.4) is 0 Å². The van der Waals surface area contributed by atoms with E-state index < -0.39 is 0 Å². The molecular weight excluding hydrogens is 266 g/mol. The summed E-state index contributed by atoms with van der Waals surface area (Å²) in [7, 11) is 0. The Labute approximate surface area is 124 Å². The lowest BCUT2D eigenvalue weighted by molar-refractivity contribution is 0.679. The average molecular weight is 285 g/mol. The first kappa shape index (κ1) is 14.7. The summed E-state index contributed by atoms with van der Waals surface area (Å²) in [6.45, 7) is 6.09. The number of nitriles is 1. The van der Waals surface area contributed by atoms with Crippen LogP contribution in [0, 0.1) is 11.3 Å². The third-order valence-electron chi connectivity index (χ3n) is 3.03. The Balaban J connectivity index is 1.74. The van der Waals surface area contributed by atoms with Gasteiger partial charge in [-0.2, -0.15) is 5.26 Å². The maximum absolute atomic E-state index is 8.74. The number of benzene rings is 1. The lowest BCUT2D eigenvalue weighted by Gasteiger charge is -2.04. The van der Waals surface area contributed by atoms with Gasteiger partial charge < -0.3 is 5.32 Å². The van der Waals surface area contributed by atoms with Gasteiger partial charge in [-0.15, -0.1) is 11.3 Å². The van der Waals surface area contributed by atoms with Gasteiger partial charge >= 0.3 is 0 Å². The summed E-state index contributed by atoms with van der Waals surface area (Å²) in [6.07, 6.45) is 0.958. The molecule has 1 aromatic carbocycles. The van der Waals surface area contributed by atoms with Gasteiger partial charge in [-0.3, -0.25) is 0 Å². The quantitative estimate of drug-likeness (QED) is 0.827. The van der Waals surface area contributed by atoms with E-state index in [9.17, 15) is 0 Å². The first-order chi connectivity index (χ1) is 9.69. The monoisotopic (exact) mass is 285 g/mol. The topological polar surface area (TPSA) is 48.7 Å². The van der Waals surface area contributed by atoms with Crippen LogP contribution in [0.1, 0.15) is 41.6 Å². The predicted molar refractivity (Wildman–Crippen MR) is 82.8 cm³/mol. The molecule has 0 aliphatic heterocycles. The molecule has 3 nitrogen and oxygen atoms in total. The van der Waals surface area contributed by atoms with Gasteiger partial charge in [0.1, 0.15) is 0 Å². The summed E-state index contributed by atoms with van der Waals surface area (Å²) in [4.78, 5) is 4.62. The molecule has 0 atom stereocenters. The molecule has 0 aliphatic carbocycles. The predicted octanol–water partition coefficient (Wildman–Crippen LogP) is 3.47. The number of nitrogens with one attached hydrogen (secondary N) is 1. The highest BCUT2D eigenvalue weighted by molar-refractivity contribution is 7.09. The van der Waals surface area contributed by atoms with Gasteiger partial charge in [-0.05, 0) is 17.7 Å². The summed E-state index contributed by atoms with van der Waals surface area (Å²) in [6, 6.07) is 9.82. The Hall–Kier alpha value is -1.70. The van der Waals surface area contributed by atoms with Crippen LogP contribution in [0.2, 0.25) is 0 Å². The van der Waals surface area contributed by atoms with Gasteiger partial charge in [0.2, 0.25) is 0 Å². The Kier molecular flexibility index (Phi) is 5.28. The highest BCUT2D eigenvalue weighted by atomic mass is 32.1.